The predicted octanol–water partition coefficient (Wildman–Crippen LogP) is 2.36. The van der Waals surface area contributed by atoms with Gasteiger partial charge in [-0.05, 0) is 26.7 Å². The smallest absolute Gasteiger partial charge is 0.127 e. The molecule has 0 bridgehead atoms. The summed E-state index contributed by atoms with van der Waals surface area (Å²) in [5.74, 6) is 4.45. The molecule has 2 atom stereocenters. The Labute approximate surface area is 98.1 Å². The fourth-order valence-corrected chi connectivity index (χ4v) is 3.89. The van der Waals surface area contributed by atoms with Gasteiger partial charge >= 0.3 is 0 Å². The van der Waals surface area contributed by atoms with E-state index in [0.29, 0.717) is 0 Å². The molecular formula is C12H20O3S. The first-order chi connectivity index (χ1) is 7.03. The second-order valence-corrected chi connectivity index (χ2v) is 7.85. The monoisotopic (exact) mass is 244 g/mol. The maximum Gasteiger partial charge on any atom is 0.127 e. The molecule has 0 aliphatic carbocycles. The van der Waals surface area contributed by atoms with E-state index >= 15 is 0 Å². The van der Waals surface area contributed by atoms with Gasteiger partial charge in [0.05, 0.1) is 0 Å². The lowest BCUT2D eigenvalue weighted by Gasteiger charge is -2.52. The van der Waals surface area contributed by atoms with Crippen LogP contribution in [0.15, 0.2) is 0 Å². The van der Waals surface area contributed by atoms with Crippen LogP contribution in [0.3, 0.4) is 0 Å². The Morgan fingerprint density at radius 3 is 1.44 bits per heavy atom. The zero-order valence-electron chi connectivity index (χ0n) is 10.3. The summed E-state index contributed by atoms with van der Waals surface area (Å²) in [5, 5.41) is 0. The average molecular weight is 244 g/mol. The quantitative estimate of drug-likeness (QED) is 0.746. The molecule has 0 aromatic rings. The summed E-state index contributed by atoms with van der Waals surface area (Å²) in [6.07, 6.45) is 10.9. The van der Waals surface area contributed by atoms with Gasteiger partial charge in [-0.2, -0.15) is 0 Å². The number of hydrogen-bond donors (Lipinski definition) is 2. The molecule has 0 heterocycles. The molecule has 2 unspecified atom stereocenters. The molecule has 16 heavy (non-hydrogen) atoms. The van der Waals surface area contributed by atoms with Crippen LogP contribution in [0.1, 0.15) is 40.5 Å². The van der Waals surface area contributed by atoms with Gasteiger partial charge in [0, 0.05) is 0 Å². The van der Waals surface area contributed by atoms with Crippen LogP contribution >= 0.6 is 0 Å². The Morgan fingerprint density at radius 2 is 1.31 bits per heavy atom. The molecule has 3 nitrogen and oxygen atoms in total. The highest BCUT2D eigenvalue weighted by molar-refractivity contribution is 8.13. The minimum Gasteiger partial charge on any atom is -0.305 e. The topological polar surface area (TPSA) is 57.5 Å². The molecule has 4 heteroatoms. The molecule has 0 spiro atoms. The third-order valence-electron chi connectivity index (χ3n) is 3.58. The Hall–Kier alpha value is -0.810. The van der Waals surface area contributed by atoms with E-state index in [1.807, 2.05) is 0 Å². The van der Waals surface area contributed by atoms with E-state index in [0.717, 1.165) is 0 Å². The van der Waals surface area contributed by atoms with Crippen molar-refractivity contribution in [2.75, 3.05) is 0 Å². The fourth-order valence-electron chi connectivity index (χ4n) is 1.43. The summed E-state index contributed by atoms with van der Waals surface area (Å²) >= 11 is 0. The van der Waals surface area contributed by atoms with Gasteiger partial charge in [-0.15, -0.1) is 12.8 Å². The van der Waals surface area contributed by atoms with Crippen molar-refractivity contribution in [3.8, 4) is 24.7 Å². The predicted molar refractivity (Wildman–Crippen MR) is 68.5 cm³/mol. The molecule has 0 saturated carbocycles. The van der Waals surface area contributed by atoms with Crippen molar-refractivity contribution in [2.45, 2.75) is 50.0 Å². The Bertz CT molecular complexity index is 387. The lowest BCUT2D eigenvalue weighted by molar-refractivity contribution is 0.331. The van der Waals surface area contributed by atoms with E-state index < -0.39 is 19.1 Å². The molecule has 0 aliphatic heterocycles. The summed E-state index contributed by atoms with van der Waals surface area (Å²) < 4.78 is 30.0. The van der Waals surface area contributed by atoms with Crippen LogP contribution in [0.4, 0.5) is 0 Å². The van der Waals surface area contributed by atoms with E-state index in [-0.39, 0.29) is 12.8 Å². The van der Waals surface area contributed by atoms with Crippen molar-refractivity contribution in [3.05, 3.63) is 0 Å². The highest BCUT2D eigenvalue weighted by Crippen LogP contribution is 2.47. The fraction of sp³-hybridized carbons (Fsp3) is 0.667. The van der Waals surface area contributed by atoms with Gasteiger partial charge in [0.15, 0.2) is 0 Å². The Balaban J connectivity index is 6.12. The van der Waals surface area contributed by atoms with Crippen LogP contribution in [0.5, 0.6) is 0 Å². The van der Waals surface area contributed by atoms with Crippen LogP contribution in [0.25, 0.3) is 0 Å². The van der Waals surface area contributed by atoms with Gasteiger partial charge in [-0.3, -0.25) is 0 Å². The molecule has 0 fully saturated rings. The zero-order chi connectivity index (χ0) is 13.3. The summed E-state index contributed by atoms with van der Waals surface area (Å²) in [6, 6.07) is 0. The summed E-state index contributed by atoms with van der Waals surface area (Å²) in [7, 11) is -5.14. The van der Waals surface area contributed by atoms with Gasteiger partial charge in [-0.1, -0.05) is 25.7 Å². The molecule has 0 saturated heterocycles. The van der Waals surface area contributed by atoms with Crippen molar-refractivity contribution in [3.63, 3.8) is 0 Å². The van der Waals surface area contributed by atoms with E-state index in [2.05, 4.69) is 11.8 Å². The van der Waals surface area contributed by atoms with Crippen molar-refractivity contribution < 1.29 is 13.3 Å². The van der Waals surface area contributed by atoms with E-state index in [4.69, 9.17) is 12.8 Å². The van der Waals surface area contributed by atoms with E-state index in [1.165, 1.54) is 13.8 Å². The number of hydrogen-bond acceptors (Lipinski definition) is 1. The molecule has 0 aliphatic rings. The molecule has 92 valence electrons. The van der Waals surface area contributed by atoms with Crippen molar-refractivity contribution in [2.24, 2.45) is 0 Å². The summed E-state index contributed by atoms with van der Waals surface area (Å²) in [5.41, 5.74) is 0. The second kappa shape index (κ2) is 3.89. The van der Waals surface area contributed by atoms with Crippen LogP contribution in [-0.4, -0.2) is 22.8 Å². The molecular weight excluding hydrogens is 224 g/mol. The lowest BCUT2D eigenvalue weighted by atomic mass is 10.1. The van der Waals surface area contributed by atoms with Gasteiger partial charge in [-0.25, -0.2) is 4.21 Å². The maximum atomic E-state index is 12.6. The van der Waals surface area contributed by atoms with Crippen LogP contribution in [-0.2, 0) is 9.63 Å². The molecule has 0 radical (unpaired) electrons. The van der Waals surface area contributed by atoms with Gasteiger partial charge in [0.2, 0.25) is 0 Å². The minimum absolute atomic E-state index is 0.166. The van der Waals surface area contributed by atoms with Crippen LogP contribution in [0, 0.1) is 24.7 Å². The highest BCUT2D eigenvalue weighted by Gasteiger charge is 2.60. The number of terminal acetylenes is 2. The Kier molecular flexibility index (Phi) is 3.69. The third kappa shape index (κ3) is 1.58. The molecule has 0 aromatic carbocycles. The summed E-state index contributed by atoms with van der Waals surface area (Å²) in [6.45, 7) is 6.05. The summed E-state index contributed by atoms with van der Waals surface area (Å²) in [4.78, 5) is 0. The molecule has 2 N–H and O–H groups in total. The normalized spacial score (nSPS) is 21.6. The lowest BCUT2D eigenvalue weighted by Crippen LogP contribution is -2.64. The first-order valence-corrected chi connectivity index (χ1v) is 7.02. The van der Waals surface area contributed by atoms with Crippen molar-refractivity contribution >= 4 is 9.63 Å². The van der Waals surface area contributed by atoms with E-state index in [1.54, 1.807) is 13.8 Å². The molecule has 0 amide bonds. The van der Waals surface area contributed by atoms with Gasteiger partial charge in [0.1, 0.15) is 19.1 Å². The van der Waals surface area contributed by atoms with Gasteiger partial charge < -0.3 is 9.11 Å². The Morgan fingerprint density at radius 1 is 1.06 bits per heavy atom. The first-order valence-electron chi connectivity index (χ1n) is 5.14. The SMILES string of the molecule is C#CC(C)(CC)S(=O)(O)(O)C(C)(C#C)CC. The maximum absolute atomic E-state index is 12.6. The standard InChI is InChI=1S/C12H20O3S/c1-7-11(5,8-2)16(13,14,15)12(6,9-3)10-4/h1,3H,8,10H2,2,4-6H3,(H2,13,14,15). The second-order valence-electron chi connectivity index (χ2n) is 4.32. The minimum atomic E-state index is -5.14. The first kappa shape index (κ1) is 15.2. The van der Waals surface area contributed by atoms with Gasteiger partial charge in [0.25, 0.3) is 0 Å². The average Bonchev–Trinajstić information content (AvgIpc) is 2.25. The van der Waals surface area contributed by atoms with Crippen molar-refractivity contribution in [1.82, 2.24) is 0 Å². The largest absolute Gasteiger partial charge is 0.305 e. The number of rotatable bonds is 4. The molecule has 0 aromatic heterocycles. The van der Waals surface area contributed by atoms with Crippen molar-refractivity contribution in [1.29, 1.82) is 0 Å². The highest BCUT2D eigenvalue weighted by atomic mass is 32.3. The van der Waals surface area contributed by atoms with Crippen LogP contribution < -0.4 is 0 Å². The van der Waals surface area contributed by atoms with Crippen LogP contribution in [0.2, 0.25) is 0 Å². The molecule has 0 rings (SSSR count). The van der Waals surface area contributed by atoms with E-state index in [9.17, 15) is 13.3 Å². The third-order valence-corrected chi connectivity index (χ3v) is 7.65. The zero-order valence-corrected chi connectivity index (χ0v) is 11.1.